The van der Waals surface area contributed by atoms with Crippen LogP contribution >= 0.6 is 23.4 Å². The standard InChI is InChI=1S/C18H13ClN4O2S/c19-12-6-7-14-13(8-12)16(21-22-18-20-15(24)10-26-18)17(25)23(14)9-11-4-2-1-3-5-11/h1-8,25H,9-10H2. The number of rotatable bonds is 3. The third-order valence-electron chi connectivity index (χ3n) is 3.94. The zero-order valence-corrected chi connectivity index (χ0v) is 15.0. The van der Waals surface area contributed by atoms with Crippen LogP contribution in [0.1, 0.15) is 5.56 Å². The fraction of sp³-hybridized carbons (Fsp3) is 0.111. The summed E-state index contributed by atoms with van der Waals surface area (Å²) in [5, 5.41) is 20.4. The van der Waals surface area contributed by atoms with Gasteiger partial charge in [-0.3, -0.25) is 4.79 Å². The third kappa shape index (κ3) is 3.23. The Morgan fingerprint density at radius 1 is 1.19 bits per heavy atom. The Kier molecular flexibility index (Phi) is 4.48. The number of benzene rings is 2. The molecule has 8 heteroatoms. The van der Waals surface area contributed by atoms with Crippen molar-refractivity contribution in [1.29, 1.82) is 0 Å². The lowest BCUT2D eigenvalue weighted by Crippen LogP contribution is -1.98. The molecule has 1 N–H and O–H groups in total. The van der Waals surface area contributed by atoms with Crippen LogP contribution in [0.15, 0.2) is 63.8 Å². The number of halogens is 1. The van der Waals surface area contributed by atoms with Gasteiger partial charge in [-0.2, -0.15) is 4.99 Å². The van der Waals surface area contributed by atoms with Crippen molar-refractivity contribution >= 4 is 51.0 Å². The molecule has 26 heavy (non-hydrogen) atoms. The minimum atomic E-state index is -0.234. The van der Waals surface area contributed by atoms with Crippen molar-refractivity contribution in [2.24, 2.45) is 15.2 Å². The van der Waals surface area contributed by atoms with Crippen LogP contribution in [0.2, 0.25) is 5.02 Å². The summed E-state index contributed by atoms with van der Waals surface area (Å²) in [4.78, 5) is 15.0. The minimum Gasteiger partial charge on any atom is -0.493 e. The molecule has 0 fully saturated rings. The second kappa shape index (κ2) is 6.93. The predicted octanol–water partition coefficient (Wildman–Crippen LogP) is 4.76. The summed E-state index contributed by atoms with van der Waals surface area (Å²) < 4.78 is 1.75. The van der Waals surface area contributed by atoms with Crippen molar-refractivity contribution in [2.75, 3.05) is 5.75 Å². The molecule has 0 spiro atoms. The number of carbonyl (C=O) groups is 1. The zero-order chi connectivity index (χ0) is 18.1. The first-order valence-electron chi connectivity index (χ1n) is 7.82. The lowest BCUT2D eigenvalue weighted by atomic mass is 10.2. The Hall–Kier alpha value is -2.64. The maximum absolute atomic E-state index is 11.2. The summed E-state index contributed by atoms with van der Waals surface area (Å²) in [7, 11) is 0. The first-order chi connectivity index (χ1) is 12.6. The van der Waals surface area contributed by atoms with Crippen molar-refractivity contribution < 1.29 is 9.90 Å². The number of amides is 1. The predicted molar refractivity (Wildman–Crippen MR) is 104 cm³/mol. The van der Waals surface area contributed by atoms with E-state index in [0.29, 0.717) is 27.8 Å². The number of aliphatic imine (C=N–C) groups is 1. The molecule has 130 valence electrons. The highest BCUT2D eigenvalue weighted by Crippen LogP contribution is 2.40. The summed E-state index contributed by atoms with van der Waals surface area (Å²) in [6, 6.07) is 15.1. The normalized spacial score (nSPS) is 14.5. The lowest BCUT2D eigenvalue weighted by Gasteiger charge is -2.07. The second-order valence-electron chi connectivity index (χ2n) is 5.68. The van der Waals surface area contributed by atoms with Gasteiger partial charge in [0.1, 0.15) is 0 Å². The number of amidine groups is 1. The fourth-order valence-electron chi connectivity index (χ4n) is 2.76. The summed E-state index contributed by atoms with van der Waals surface area (Å²) in [6.07, 6.45) is 0. The van der Waals surface area contributed by atoms with E-state index < -0.39 is 0 Å². The Morgan fingerprint density at radius 3 is 2.73 bits per heavy atom. The van der Waals surface area contributed by atoms with Crippen LogP contribution in [0.25, 0.3) is 10.9 Å². The number of azo groups is 1. The SMILES string of the molecule is O=C1CSC(N=Nc2c(O)n(Cc3ccccc3)c3ccc(Cl)cc23)=N1. The molecule has 2 aromatic carbocycles. The Morgan fingerprint density at radius 2 is 2.00 bits per heavy atom. The fourth-order valence-corrected chi connectivity index (χ4v) is 3.52. The molecule has 0 aliphatic carbocycles. The van der Waals surface area contributed by atoms with Gasteiger partial charge in [0.15, 0.2) is 5.69 Å². The van der Waals surface area contributed by atoms with E-state index in [1.54, 1.807) is 16.7 Å². The second-order valence-corrected chi connectivity index (χ2v) is 7.06. The van der Waals surface area contributed by atoms with Gasteiger partial charge in [0, 0.05) is 10.4 Å². The molecule has 1 aliphatic rings. The van der Waals surface area contributed by atoms with Crippen molar-refractivity contribution in [2.45, 2.75) is 6.54 Å². The van der Waals surface area contributed by atoms with E-state index in [1.165, 1.54) is 11.8 Å². The molecule has 0 radical (unpaired) electrons. The number of carbonyl (C=O) groups excluding carboxylic acids is 1. The molecule has 1 amide bonds. The quantitative estimate of drug-likeness (QED) is 0.661. The van der Waals surface area contributed by atoms with Crippen molar-refractivity contribution in [3.05, 3.63) is 59.1 Å². The van der Waals surface area contributed by atoms with Gasteiger partial charge in [0.2, 0.25) is 11.0 Å². The van der Waals surface area contributed by atoms with Crippen LogP contribution in [0, 0.1) is 0 Å². The largest absolute Gasteiger partial charge is 0.493 e. The van der Waals surface area contributed by atoms with Crippen LogP contribution < -0.4 is 0 Å². The van der Waals surface area contributed by atoms with Crippen molar-refractivity contribution in [1.82, 2.24) is 4.57 Å². The van der Waals surface area contributed by atoms with Crippen molar-refractivity contribution in [3.63, 3.8) is 0 Å². The summed E-state index contributed by atoms with van der Waals surface area (Å²) >= 11 is 7.34. The molecule has 0 bridgehead atoms. The summed E-state index contributed by atoms with van der Waals surface area (Å²) in [6.45, 7) is 0.481. The van der Waals surface area contributed by atoms with E-state index >= 15 is 0 Å². The summed E-state index contributed by atoms with van der Waals surface area (Å²) in [5.74, 6) is 0.0228. The Bertz CT molecular complexity index is 1060. The van der Waals surface area contributed by atoms with Gasteiger partial charge in [-0.05, 0) is 23.8 Å². The smallest absolute Gasteiger partial charge is 0.258 e. The molecule has 6 nitrogen and oxygen atoms in total. The van der Waals surface area contributed by atoms with E-state index in [4.69, 9.17) is 11.6 Å². The molecule has 0 saturated heterocycles. The van der Waals surface area contributed by atoms with Gasteiger partial charge in [-0.1, -0.05) is 53.7 Å². The molecule has 0 atom stereocenters. The first-order valence-corrected chi connectivity index (χ1v) is 9.19. The number of fused-ring (bicyclic) bond motifs is 1. The van der Waals surface area contributed by atoms with Gasteiger partial charge in [0.25, 0.3) is 5.91 Å². The number of hydrogen-bond donors (Lipinski definition) is 1. The van der Waals surface area contributed by atoms with Crippen molar-refractivity contribution in [3.8, 4) is 5.88 Å². The monoisotopic (exact) mass is 384 g/mol. The maximum atomic E-state index is 11.2. The Labute approximate surface area is 158 Å². The number of hydrogen-bond acceptors (Lipinski definition) is 5. The van der Waals surface area contributed by atoms with Gasteiger partial charge in [0.05, 0.1) is 17.8 Å². The Balaban J connectivity index is 1.80. The molecular formula is C18H13ClN4O2S. The number of aromatic hydroxyl groups is 1. The number of nitrogens with zero attached hydrogens (tertiary/aromatic N) is 4. The van der Waals surface area contributed by atoms with Crippen LogP contribution in [-0.2, 0) is 11.3 Å². The first kappa shape index (κ1) is 16.8. The van der Waals surface area contributed by atoms with Crippen LogP contribution in [0.5, 0.6) is 5.88 Å². The zero-order valence-electron chi connectivity index (χ0n) is 13.5. The van der Waals surface area contributed by atoms with E-state index in [2.05, 4.69) is 15.2 Å². The van der Waals surface area contributed by atoms with Crippen LogP contribution in [0.4, 0.5) is 5.69 Å². The van der Waals surface area contributed by atoms with E-state index in [9.17, 15) is 9.90 Å². The van der Waals surface area contributed by atoms with Gasteiger partial charge < -0.3 is 9.67 Å². The van der Waals surface area contributed by atoms with Crippen LogP contribution in [0.3, 0.4) is 0 Å². The lowest BCUT2D eigenvalue weighted by molar-refractivity contribution is -0.115. The van der Waals surface area contributed by atoms with Crippen LogP contribution in [-0.4, -0.2) is 26.5 Å². The molecule has 0 saturated carbocycles. The van der Waals surface area contributed by atoms with Gasteiger partial charge >= 0.3 is 0 Å². The number of aromatic nitrogens is 1. The molecule has 2 heterocycles. The average Bonchev–Trinajstić information content (AvgIpc) is 3.16. The average molecular weight is 385 g/mol. The highest BCUT2D eigenvalue weighted by molar-refractivity contribution is 8.14. The minimum absolute atomic E-state index is 0.00945. The molecule has 4 rings (SSSR count). The topological polar surface area (TPSA) is 79.3 Å². The van der Waals surface area contributed by atoms with Gasteiger partial charge in [-0.25, -0.2) is 0 Å². The van der Waals surface area contributed by atoms with Gasteiger partial charge in [-0.15, -0.1) is 10.2 Å². The molecule has 1 aromatic heterocycles. The molecule has 3 aromatic rings. The molecule has 0 unspecified atom stereocenters. The van der Waals surface area contributed by atoms with E-state index in [0.717, 1.165) is 11.1 Å². The molecular weight excluding hydrogens is 372 g/mol. The van der Waals surface area contributed by atoms with E-state index in [1.807, 2.05) is 36.4 Å². The van der Waals surface area contributed by atoms with E-state index in [-0.39, 0.29) is 17.5 Å². The highest BCUT2D eigenvalue weighted by atomic mass is 35.5. The maximum Gasteiger partial charge on any atom is 0.258 e. The third-order valence-corrected chi connectivity index (χ3v) is 4.99. The molecule has 1 aliphatic heterocycles. The summed E-state index contributed by atoms with van der Waals surface area (Å²) in [5.41, 5.74) is 2.14. The number of thioether (sulfide) groups is 1. The highest BCUT2D eigenvalue weighted by Gasteiger charge is 2.19.